The summed E-state index contributed by atoms with van der Waals surface area (Å²) >= 11 is 1.43. The fraction of sp³-hybridized carbons (Fsp3) is 0.353. The minimum Gasteiger partial charge on any atom is -0.481 e. The van der Waals surface area contributed by atoms with E-state index >= 15 is 0 Å². The number of hydrogen-bond acceptors (Lipinski definition) is 4. The highest BCUT2D eigenvalue weighted by molar-refractivity contribution is 7.09. The van der Waals surface area contributed by atoms with E-state index in [4.69, 9.17) is 5.11 Å². The lowest BCUT2D eigenvalue weighted by Crippen LogP contribution is -2.40. The average Bonchev–Trinajstić information content (AvgIpc) is 2.97. The number of aryl methyl sites for hydroxylation is 1. The van der Waals surface area contributed by atoms with Gasteiger partial charge in [-0.05, 0) is 26.3 Å². The Hall–Kier alpha value is -2.21. The number of nitrogens with zero attached hydrogens (tertiary/aromatic N) is 1. The topological polar surface area (TPSA) is 79.3 Å². The predicted octanol–water partition coefficient (Wildman–Crippen LogP) is 2.88. The number of nitrogens with one attached hydrogen (secondary N) is 1. The van der Waals surface area contributed by atoms with Gasteiger partial charge >= 0.3 is 5.97 Å². The van der Waals surface area contributed by atoms with Crippen molar-refractivity contribution < 1.29 is 14.7 Å². The first-order chi connectivity index (χ1) is 10.9. The molecule has 0 aliphatic rings. The molecule has 23 heavy (non-hydrogen) atoms. The van der Waals surface area contributed by atoms with Crippen molar-refractivity contribution in [3.63, 3.8) is 0 Å². The molecule has 0 aliphatic carbocycles. The Morgan fingerprint density at radius 2 is 1.91 bits per heavy atom. The number of carbonyl (C=O) groups excluding carboxylic acids is 1. The number of carbonyl (C=O) groups is 2. The van der Waals surface area contributed by atoms with Crippen LogP contribution in [0.15, 0.2) is 29.6 Å². The van der Waals surface area contributed by atoms with Crippen LogP contribution in [0.3, 0.4) is 0 Å². The molecular formula is C17H20N2O3S. The third-order valence-electron chi connectivity index (χ3n) is 3.76. The van der Waals surface area contributed by atoms with E-state index in [9.17, 15) is 9.59 Å². The largest absolute Gasteiger partial charge is 0.481 e. The van der Waals surface area contributed by atoms with E-state index < -0.39 is 17.9 Å². The molecule has 0 radical (unpaired) electrons. The molecule has 1 aromatic carbocycles. The summed E-state index contributed by atoms with van der Waals surface area (Å²) in [6, 6.07) is 7.74. The molecule has 1 aromatic heterocycles. The molecule has 0 bridgehead atoms. The SMILES string of the molecule is Cc1ccc(Cc2nc(C(=O)NC(C)C(C)C(=O)O)cs2)cc1. The van der Waals surface area contributed by atoms with Crippen LogP contribution in [0.1, 0.15) is 40.5 Å². The van der Waals surface area contributed by atoms with Gasteiger partial charge in [-0.2, -0.15) is 0 Å². The summed E-state index contributed by atoms with van der Waals surface area (Å²) in [6.45, 7) is 5.28. The second-order valence-electron chi connectivity index (χ2n) is 5.68. The van der Waals surface area contributed by atoms with Gasteiger partial charge in [0, 0.05) is 17.8 Å². The van der Waals surface area contributed by atoms with Crippen molar-refractivity contribution in [1.29, 1.82) is 0 Å². The maximum absolute atomic E-state index is 12.1. The van der Waals surface area contributed by atoms with E-state index in [1.807, 2.05) is 31.2 Å². The van der Waals surface area contributed by atoms with Crippen molar-refractivity contribution in [2.75, 3.05) is 0 Å². The number of amides is 1. The lowest BCUT2D eigenvalue weighted by Gasteiger charge is -2.16. The van der Waals surface area contributed by atoms with Crippen LogP contribution < -0.4 is 5.32 Å². The van der Waals surface area contributed by atoms with Gasteiger partial charge < -0.3 is 10.4 Å². The van der Waals surface area contributed by atoms with Crippen LogP contribution in [0.2, 0.25) is 0 Å². The van der Waals surface area contributed by atoms with Crippen LogP contribution in [0.4, 0.5) is 0 Å². The number of aromatic nitrogens is 1. The number of thiazole rings is 1. The lowest BCUT2D eigenvalue weighted by atomic mass is 10.0. The highest BCUT2D eigenvalue weighted by Crippen LogP contribution is 2.16. The molecule has 1 heterocycles. The van der Waals surface area contributed by atoms with Crippen molar-refractivity contribution in [2.45, 2.75) is 33.2 Å². The molecule has 0 saturated carbocycles. The van der Waals surface area contributed by atoms with Gasteiger partial charge in [0.2, 0.25) is 0 Å². The van der Waals surface area contributed by atoms with Crippen molar-refractivity contribution >= 4 is 23.2 Å². The Bertz CT molecular complexity index is 694. The van der Waals surface area contributed by atoms with Gasteiger partial charge in [0.15, 0.2) is 0 Å². The van der Waals surface area contributed by atoms with E-state index in [0.717, 1.165) is 10.6 Å². The molecule has 0 aliphatic heterocycles. The molecule has 0 saturated heterocycles. The maximum atomic E-state index is 12.1. The van der Waals surface area contributed by atoms with Crippen molar-refractivity contribution in [3.8, 4) is 0 Å². The van der Waals surface area contributed by atoms with Crippen LogP contribution in [-0.2, 0) is 11.2 Å². The molecular weight excluding hydrogens is 312 g/mol. The summed E-state index contributed by atoms with van der Waals surface area (Å²) in [5.74, 6) is -1.92. The van der Waals surface area contributed by atoms with E-state index in [1.54, 1.807) is 19.2 Å². The molecule has 5 nitrogen and oxygen atoms in total. The molecule has 1 amide bonds. The molecule has 0 fully saturated rings. The maximum Gasteiger partial charge on any atom is 0.308 e. The zero-order valence-corrected chi connectivity index (χ0v) is 14.2. The van der Waals surface area contributed by atoms with Gasteiger partial charge in [-0.15, -0.1) is 11.3 Å². The molecule has 2 rings (SSSR count). The first-order valence-corrected chi connectivity index (χ1v) is 8.28. The Kier molecular flexibility index (Phi) is 5.50. The summed E-state index contributed by atoms with van der Waals surface area (Å²) in [4.78, 5) is 27.4. The second kappa shape index (κ2) is 7.37. The molecule has 6 heteroatoms. The standard InChI is InChI=1S/C17H20N2O3S/c1-10-4-6-13(7-5-10)8-15-19-14(9-23-15)16(20)18-12(3)11(2)17(21)22/h4-7,9,11-12H,8H2,1-3H3,(H,18,20)(H,21,22). The van der Waals surface area contributed by atoms with Gasteiger partial charge in [-0.1, -0.05) is 29.8 Å². The summed E-state index contributed by atoms with van der Waals surface area (Å²) in [5.41, 5.74) is 2.68. The van der Waals surface area contributed by atoms with Gasteiger partial charge in [0.25, 0.3) is 5.91 Å². The molecule has 2 aromatic rings. The zero-order chi connectivity index (χ0) is 17.0. The summed E-state index contributed by atoms with van der Waals surface area (Å²) in [6.07, 6.45) is 0.680. The van der Waals surface area contributed by atoms with Gasteiger partial charge in [0.05, 0.1) is 10.9 Å². The number of hydrogen-bond donors (Lipinski definition) is 2. The minimum absolute atomic E-state index is 0.335. The molecule has 2 unspecified atom stereocenters. The third-order valence-corrected chi connectivity index (χ3v) is 4.61. The fourth-order valence-electron chi connectivity index (χ4n) is 2.00. The monoisotopic (exact) mass is 332 g/mol. The highest BCUT2D eigenvalue weighted by atomic mass is 32.1. The fourth-order valence-corrected chi connectivity index (χ4v) is 2.80. The summed E-state index contributed by atoms with van der Waals surface area (Å²) in [7, 11) is 0. The van der Waals surface area contributed by atoms with Crippen molar-refractivity contribution in [3.05, 3.63) is 51.5 Å². The highest BCUT2D eigenvalue weighted by Gasteiger charge is 2.22. The Morgan fingerprint density at radius 1 is 1.26 bits per heavy atom. The number of rotatable bonds is 6. The lowest BCUT2D eigenvalue weighted by molar-refractivity contribution is -0.141. The minimum atomic E-state index is -0.934. The van der Waals surface area contributed by atoms with E-state index in [1.165, 1.54) is 16.9 Å². The van der Waals surface area contributed by atoms with Crippen LogP contribution in [-0.4, -0.2) is 28.0 Å². The quantitative estimate of drug-likeness (QED) is 0.852. The number of carboxylic acid groups (broad SMARTS) is 1. The van der Waals surface area contributed by atoms with Crippen molar-refractivity contribution in [2.24, 2.45) is 5.92 Å². The summed E-state index contributed by atoms with van der Waals surface area (Å²) < 4.78 is 0. The number of carboxylic acids is 1. The van der Waals surface area contributed by atoms with E-state index in [-0.39, 0.29) is 5.91 Å². The Balaban J connectivity index is 1.99. The normalized spacial score (nSPS) is 13.3. The summed E-state index contributed by atoms with van der Waals surface area (Å²) in [5, 5.41) is 14.2. The third kappa shape index (κ3) is 4.63. The second-order valence-corrected chi connectivity index (χ2v) is 6.62. The van der Waals surface area contributed by atoms with Gasteiger partial charge in [0.1, 0.15) is 5.69 Å². The van der Waals surface area contributed by atoms with E-state index in [2.05, 4.69) is 10.3 Å². The number of aliphatic carboxylic acids is 1. The van der Waals surface area contributed by atoms with Crippen molar-refractivity contribution in [1.82, 2.24) is 10.3 Å². The molecule has 122 valence electrons. The van der Waals surface area contributed by atoms with E-state index in [0.29, 0.717) is 12.1 Å². The Labute approximate surface area is 139 Å². The molecule has 0 spiro atoms. The van der Waals surface area contributed by atoms with Crippen LogP contribution in [0.5, 0.6) is 0 Å². The number of benzene rings is 1. The van der Waals surface area contributed by atoms with Crippen LogP contribution >= 0.6 is 11.3 Å². The predicted molar refractivity (Wildman–Crippen MR) is 89.8 cm³/mol. The molecule has 2 N–H and O–H groups in total. The first kappa shape index (κ1) is 17.1. The van der Waals surface area contributed by atoms with Gasteiger partial charge in [-0.3, -0.25) is 9.59 Å². The van der Waals surface area contributed by atoms with Crippen LogP contribution in [0, 0.1) is 12.8 Å². The molecule has 2 atom stereocenters. The smallest absolute Gasteiger partial charge is 0.308 e. The zero-order valence-electron chi connectivity index (χ0n) is 13.4. The van der Waals surface area contributed by atoms with Crippen LogP contribution in [0.25, 0.3) is 0 Å². The Morgan fingerprint density at radius 3 is 2.52 bits per heavy atom. The first-order valence-electron chi connectivity index (χ1n) is 7.40. The van der Waals surface area contributed by atoms with Gasteiger partial charge in [-0.25, -0.2) is 4.98 Å². The average molecular weight is 332 g/mol.